The predicted molar refractivity (Wildman–Crippen MR) is 104 cm³/mol. The second-order valence-electron chi connectivity index (χ2n) is 6.09. The molecule has 2 aromatic carbocycles. The van der Waals surface area contributed by atoms with Gasteiger partial charge in [-0.3, -0.25) is 0 Å². The molecule has 1 N–H and O–H groups in total. The van der Waals surface area contributed by atoms with Crippen LogP contribution in [0.5, 0.6) is 0 Å². The van der Waals surface area contributed by atoms with E-state index >= 15 is 0 Å². The van der Waals surface area contributed by atoms with E-state index < -0.39 is 0 Å². The Bertz CT molecular complexity index is 1010. The normalized spacial score (nSPS) is 10.8. The number of pyridine rings is 1. The zero-order valence-corrected chi connectivity index (χ0v) is 14.1. The first-order chi connectivity index (χ1) is 12.2. The quantitative estimate of drug-likeness (QED) is 0.545. The van der Waals surface area contributed by atoms with E-state index in [-0.39, 0.29) is 0 Å². The van der Waals surface area contributed by atoms with Crippen LogP contribution >= 0.6 is 0 Å². The fourth-order valence-corrected chi connectivity index (χ4v) is 2.95. The molecule has 0 aliphatic heterocycles. The molecule has 25 heavy (non-hydrogen) atoms. The molecule has 0 fully saturated rings. The second-order valence-corrected chi connectivity index (χ2v) is 6.09. The van der Waals surface area contributed by atoms with E-state index in [1.807, 2.05) is 47.1 Å². The Morgan fingerprint density at radius 1 is 0.960 bits per heavy atom. The molecule has 2 heterocycles. The van der Waals surface area contributed by atoms with E-state index in [9.17, 15) is 0 Å². The van der Waals surface area contributed by atoms with Crippen molar-refractivity contribution in [2.45, 2.75) is 6.92 Å². The van der Waals surface area contributed by atoms with Crippen LogP contribution in [-0.4, -0.2) is 9.38 Å². The summed E-state index contributed by atoms with van der Waals surface area (Å²) in [6.45, 7) is 6.26. The highest BCUT2D eigenvalue weighted by molar-refractivity contribution is 5.77. The number of hydrogen-bond acceptors (Lipinski definition) is 2. The molecule has 3 nitrogen and oxygen atoms in total. The number of benzene rings is 2. The van der Waals surface area contributed by atoms with Gasteiger partial charge in [-0.05, 0) is 36.8 Å². The summed E-state index contributed by atoms with van der Waals surface area (Å²) in [6, 6.07) is 22.5. The van der Waals surface area contributed by atoms with Crippen molar-refractivity contribution in [2.24, 2.45) is 0 Å². The molecule has 0 atom stereocenters. The van der Waals surface area contributed by atoms with Crippen LogP contribution in [0.4, 0.5) is 5.69 Å². The lowest BCUT2D eigenvalue weighted by Crippen LogP contribution is -1.99. The summed E-state index contributed by atoms with van der Waals surface area (Å²) in [4.78, 5) is 4.66. The SMILES string of the molecule is C=C(Nc1ccc(-c2cn3ccccc3n2)cc1)c1ccccc1C. The van der Waals surface area contributed by atoms with Gasteiger partial charge in [0, 0.05) is 34.9 Å². The Balaban J connectivity index is 1.56. The highest BCUT2D eigenvalue weighted by Crippen LogP contribution is 2.24. The molecule has 0 aliphatic carbocycles. The number of anilines is 1. The minimum atomic E-state index is 0.901. The van der Waals surface area contributed by atoms with Crippen molar-refractivity contribution in [2.75, 3.05) is 5.32 Å². The number of fused-ring (bicyclic) bond motifs is 1. The van der Waals surface area contributed by atoms with Gasteiger partial charge in [0.2, 0.25) is 0 Å². The van der Waals surface area contributed by atoms with Gasteiger partial charge in [-0.1, -0.05) is 49.0 Å². The van der Waals surface area contributed by atoms with Crippen LogP contribution in [-0.2, 0) is 0 Å². The number of imidazole rings is 1. The average Bonchev–Trinajstić information content (AvgIpc) is 3.07. The number of nitrogens with zero attached hydrogens (tertiary/aromatic N) is 2. The van der Waals surface area contributed by atoms with E-state index in [1.54, 1.807) is 0 Å². The zero-order chi connectivity index (χ0) is 17.2. The average molecular weight is 325 g/mol. The number of nitrogens with one attached hydrogen (secondary N) is 1. The van der Waals surface area contributed by atoms with E-state index in [2.05, 4.69) is 60.2 Å². The topological polar surface area (TPSA) is 29.3 Å². The molecule has 122 valence electrons. The van der Waals surface area contributed by atoms with E-state index in [1.165, 1.54) is 5.56 Å². The fraction of sp³-hybridized carbons (Fsp3) is 0.0455. The monoisotopic (exact) mass is 325 g/mol. The van der Waals surface area contributed by atoms with Gasteiger partial charge in [0.05, 0.1) is 5.69 Å². The maximum absolute atomic E-state index is 4.66. The Hall–Kier alpha value is -3.33. The molecule has 4 rings (SSSR count). The molecule has 3 heteroatoms. The zero-order valence-electron chi connectivity index (χ0n) is 14.1. The van der Waals surface area contributed by atoms with Crippen molar-refractivity contribution in [3.63, 3.8) is 0 Å². The van der Waals surface area contributed by atoms with Crippen LogP contribution in [0.1, 0.15) is 11.1 Å². The van der Waals surface area contributed by atoms with Crippen molar-refractivity contribution in [3.05, 3.63) is 96.8 Å². The molecule has 0 saturated heterocycles. The molecule has 0 amide bonds. The Morgan fingerprint density at radius 3 is 2.48 bits per heavy atom. The minimum Gasteiger partial charge on any atom is -0.356 e. The first kappa shape index (κ1) is 15.2. The molecule has 0 spiro atoms. The standard InChI is InChI=1S/C22H19N3/c1-16-7-3-4-8-20(16)17(2)23-19-12-10-18(11-13-19)21-15-25-14-6-5-9-22(25)24-21/h3-15,23H,2H2,1H3. The minimum absolute atomic E-state index is 0.901. The van der Waals surface area contributed by atoms with E-state index in [4.69, 9.17) is 0 Å². The maximum atomic E-state index is 4.66. The predicted octanol–water partition coefficient (Wildman–Crippen LogP) is 5.39. The molecule has 0 bridgehead atoms. The summed E-state index contributed by atoms with van der Waals surface area (Å²) in [5.74, 6) is 0. The number of rotatable bonds is 4. The first-order valence-corrected chi connectivity index (χ1v) is 8.27. The summed E-state index contributed by atoms with van der Waals surface area (Å²) in [6.07, 6.45) is 4.05. The summed E-state index contributed by atoms with van der Waals surface area (Å²) in [5.41, 5.74) is 7.27. The Kier molecular flexibility index (Phi) is 3.82. The molecular weight excluding hydrogens is 306 g/mol. The van der Waals surface area contributed by atoms with E-state index in [0.717, 1.165) is 33.9 Å². The summed E-state index contributed by atoms with van der Waals surface area (Å²) in [5, 5.41) is 3.38. The van der Waals surface area contributed by atoms with E-state index in [0.29, 0.717) is 0 Å². The lowest BCUT2D eigenvalue weighted by atomic mass is 10.1. The highest BCUT2D eigenvalue weighted by Gasteiger charge is 2.05. The maximum Gasteiger partial charge on any atom is 0.137 e. The van der Waals surface area contributed by atoms with Gasteiger partial charge in [-0.15, -0.1) is 0 Å². The van der Waals surface area contributed by atoms with Gasteiger partial charge in [-0.25, -0.2) is 4.98 Å². The number of aromatic nitrogens is 2. The lowest BCUT2D eigenvalue weighted by Gasteiger charge is -2.12. The van der Waals surface area contributed by atoms with Crippen LogP contribution in [0.25, 0.3) is 22.6 Å². The van der Waals surface area contributed by atoms with Crippen molar-refractivity contribution in [1.82, 2.24) is 9.38 Å². The third-order valence-electron chi connectivity index (χ3n) is 4.31. The number of hydrogen-bond donors (Lipinski definition) is 1. The fourth-order valence-electron chi connectivity index (χ4n) is 2.95. The van der Waals surface area contributed by atoms with Crippen molar-refractivity contribution < 1.29 is 0 Å². The Morgan fingerprint density at radius 2 is 1.72 bits per heavy atom. The van der Waals surface area contributed by atoms with Gasteiger partial charge in [0.25, 0.3) is 0 Å². The third kappa shape index (κ3) is 3.04. The van der Waals surface area contributed by atoms with Crippen molar-refractivity contribution >= 4 is 17.0 Å². The van der Waals surface area contributed by atoms with Crippen molar-refractivity contribution in [1.29, 1.82) is 0 Å². The van der Waals surface area contributed by atoms with Gasteiger partial charge in [-0.2, -0.15) is 0 Å². The molecule has 0 saturated carbocycles. The largest absolute Gasteiger partial charge is 0.356 e. The highest BCUT2D eigenvalue weighted by atomic mass is 15.0. The summed E-state index contributed by atoms with van der Waals surface area (Å²) in [7, 11) is 0. The van der Waals surface area contributed by atoms with Crippen LogP contribution in [0.2, 0.25) is 0 Å². The molecule has 0 aliphatic rings. The second kappa shape index (κ2) is 6.29. The molecule has 2 aromatic heterocycles. The van der Waals surface area contributed by atoms with Gasteiger partial charge < -0.3 is 9.72 Å². The molecular formula is C22H19N3. The van der Waals surface area contributed by atoms with Crippen LogP contribution in [0.3, 0.4) is 0 Å². The van der Waals surface area contributed by atoms with Gasteiger partial charge >= 0.3 is 0 Å². The summed E-state index contributed by atoms with van der Waals surface area (Å²) < 4.78 is 2.03. The van der Waals surface area contributed by atoms with Gasteiger partial charge in [0.15, 0.2) is 0 Å². The van der Waals surface area contributed by atoms with Gasteiger partial charge in [0.1, 0.15) is 5.65 Å². The van der Waals surface area contributed by atoms with Crippen LogP contribution in [0.15, 0.2) is 85.7 Å². The molecule has 4 aromatic rings. The molecule has 0 radical (unpaired) electrons. The van der Waals surface area contributed by atoms with Crippen molar-refractivity contribution in [3.8, 4) is 11.3 Å². The Labute approximate surface area is 147 Å². The molecule has 0 unspecified atom stereocenters. The van der Waals surface area contributed by atoms with Crippen LogP contribution in [0, 0.1) is 6.92 Å². The van der Waals surface area contributed by atoms with Crippen LogP contribution < -0.4 is 5.32 Å². The summed E-state index contributed by atoms with van der Waals surface area (Å²) >= 11 is 0. The first-order valence-electron chi connectivity index (χ1n) is 8.27. The number of aryl methyl sites for hydroxylation is 1. The lowest BCUT2D eigenvalue weighted by molar-refractivity contribution is 1.19. The third-order valence-corrected chi connectivity index (χ3v) is 4.31. The smallest absolute Gasteiger partial charge is 0.137 e.